The lowest BCUT2D eigenvalue weighted by Crippen LogP contribution is -2.47. The van der Waals surface area contributed by atoms with Crippen molar-refractivity contribution in [3.05, 3.63) is 83.0 Å². The van der Waals surface area contributed by atoms with Gasteiger partial charge in [0.25, 0.3) is 0 Å². The molecule has 2 amide bonds. The van der Waals surface area contributed by atoms with Crippen LogP contribution in [0.2, 0.25) is 5.02 Å². The Labute approximate surface area is 260 Å². The van der Waals surface area contributed by atoms with E-state index < -0.39 is 39.5 Å². The Hall–Kier alpha value is -3.77. The summed E-state index contributed by atoms with van der Waals surface area (Å²) in [4.78, 5) is 36.8. The van der Waals surface area contributed by atoms with Crippen LogP contribution in [0.3, 0.4) is 0 Å². The van der Waals surface area contributed by atoms with Crippen molar-refractivity contribution >= 4 is 39.3 Å². The van der Waals surface area contributed by atoms with E-state index in [1.165, 1.54) is 53.6 Å². The molecule has 2 atom stereocenters. The zero-order valence-electron chi connectivity index (χ0n) is 24.3. The topological polar surface area (TPSA) is 100 Å². The number of likely N-dealkylation sites (N-methyl/N-ethyl adjacent to an activating group) is 1. The minimum atomic E-state index is -3.35. The molecule has 13 heteroatoms. The van der Waals surface area contributed by atoms with Gasteiger partial charge in [0.2, 0.25) is 5.91 Å². The van der Waals surface area contributed by atoms with E-state index in [4.69, 9.17) is 16.3 Å². The van der Waals surface area contributed by atoms with Gasteiger partial charge in [-0.25, -0.2) is 27.0 Å². The maximum absolute atomic E-state index is 14.5. The summed E-state index contributed by atoms with van der Waals surface area (Å²) in [6.07, 6.45) is 2.96. The number of piperidine rings is 1. The number of sulfone groups is 1. The van der Waals surface area contributed by atoms with Crippen LogP contribution in [0.25, 0.3) is 0 Å². The minimum Gasteiger partial charge on any atom is -0.410 e. The number of carbonyl (C=O) groups is 2. The van der Waals surface area contributed by atoms with E-state index in [9.17, 15) is 26.8 Å². The monoisotopic (exact) mass is 646 g/mol. The van der Waals surface area contributed by atoms with Crippen LogP contribution in [-0.2, 0) is 14.6 Å². The Morgan fingerprint density at radius 3 is 2.34 bits per heavy atom. The highest BCUT2D eigenvalue weighted by Crippen LogP contribution is 2.35. The number of pyridine rings is 1. The average Bonchev–Trinajstić information content (AvgIpc) is 3.44. The van der Waals surface area contributed by atoms with E-state index in [1.54, 1.807) is 24.0 Å². The summed E-state index contributed by atoms with van der Waals surface area (Å²) in [5.74, 6) is -0.924. The first-order valence-corrected chi connectivity index (χ1v) is 16.6. The second-order valence-corrected chi connectivity index (χ2v) is 13.5. The van der Waals surface area contributed by atoms with Crippen molar-refractivity contribution in [2.75, 3.05) is 43.9 Å². The van der Waals surface area contributed by atoms with Crippen LogP contribution in [-0.4, -0.2) is 80.2 Å². The van der Waals surface area contributed by atoms with Gasteiger partial charge in [0.05, 0.1) is 16.0 Å². The van der Waals surface area contributed by atoms with Crippen LogP contribution in [0.5, 0.6) is 5.75 Å². The summed E-state index contributed by atoms with van der Waals surface area (Å²) in [5.41, 5.74) is 0.610. The standard InChI is InChI=1S/C31H33ClF2N4O5S/c1-3-38(31(40)43-23-7-5-22(33)6-8-23)28-19-37(18-25(28)21-4-10-26(32)27(34)16-21)30(39)20-12-14-36(15-13-20)29-11-9-24(17-35-29)44(2,41)42/h4-11,16-17,20,25,28H,3,12-15,18-19H2,1-2H3/t25-,28+/m0/s1. The van der Waals surface area contributed by atoms with Crippen molar-refractivity contribution in [3.63, 3.8) is 0 Å². The van der Waals surface area contributed by atoms with Crippen LogP contribution in [0, 0.1) is 17.6 Å². The number of halogens is 3. The number of hydrogen-bond acceptors (Lipinski definition) is 7. The Kier molecular flexibility index (Phi) is 9.40. The highest BCUT2D eigenvalue weighted by Gasteiger charge is 2.43. The summed E-state index contributed by atoms with van der Waals surface area (Å²) < 4.78 is 57.0. The van der Waals surface area contributed by atoms with Crippen molar-refractivity contribution in [1.82, 2.24) is 14.8 Å². The number of carbonyl (C=O) groups excluding carboxylic acids is 2. The van der Waals surface area contributed by atoms with Crippen molar-refractivity contribution < 1.29 is 31.5 Å². The maximum Gasteiger partial charge on any atom is 0.415 e. The fourth-order valence-electron chi connectivity index (χ4n) is 5.91. The maximum atomic E-state index is 14.5. The molecule has 2 saturated heterocycles. The van der Waals surface area contributed by atoms with Gasteiger partial charge in [0, 0.05) is 57.0 Å². The van der Waals surface area contributed by atoms with E-state index in [2.05, 4.69) is 4.98 Å². The molecular weight excluding hydrogens is 614 g/mol. The number of ether oxygens (including phenoxy) is 1. The molecule has 0 bridgehead atoms. The van der Waals surface area contributed by atoms with Crippen LogP contribution in [0.4, 0.5) is 19.4 Å². The molecule has 0 N–H and O–H groups in total. The third-order valence-corrected chi connectivity index (χ3v) is 9.69. The van der Waals surface area contributed by atoms with E-state index in [0.29, 0.717) is 37.3 Å². The van der Waals surface area contributed by atoms with Gasteiger partial charge in [0.1, 0.15) is 23.2 Å². The molecule has 2 aromatic carbocycles. The number of hydrogen-bond donors (Lipinski definition) is 0. The lowest BCUT2D eigenvalue weighted by atomic mass is 9.93. The molecule has 0 aliphatic carbocycles. The second-order valence-electron chi connectivity index (χ2n) is 11.1. The van der Waals surface area contributed by atoms with Crippen LogP contribution in [0.1, 0.15) is 31.2 Å². The zero-order valence-corrected chi connectivity index (χ0v) is 25.9. The molecule has 3 heterocycles. The number of likely N-dealkylation sites (tertiary alicyclic amines) is 1. The predicted octanol–water partition coefficient (Wildman–Crippen LogP) is 5.15. The summed E-state index contributed by atoms with van der Waals surface area (Å²) >= 11 is 5.94. The summed E-state index contributed by atoms with van der Waals surface area (Å²) in [6, 6.07) is 12.3. The highest BCUT2D eigenvalue weighted by molar-refractivity contribution is 7.90. The van der Waals surface area contributed by atoms with Gasteiger partial charge in [-0.2, -0.15) is 0 Å². The molecule has 44 heavy (non-hydrogen) atoms. The third kappa shape index (κ3) is 6.96. The molecule has 0 unspecified atom stereocenters. The molecule has 234 valence electrons. The predicted molar refractivity (Wildman–Crippen MR) is 162 cm³/mol. The summed E-state index contributed by atoms with van der Waals surface area (Å²) in [7, 11) is -3.35. The van der Waals surface area contributed by atoms with Crippen molar-refractivity contribution in [2.45, 2.75) is 36.6 Å². The first-order valence-electron chi connectivity index (χ1n) is 14.3. The van der Waals surface area contributed by atoms with Gasteiger partial charge in [-0.05, 0) is 73.9 Å². The number of nitrogens with zero attached hydrogens (tertiary/aromatic N) is 4. The number of benzene rings is 2. The number of aromatic nitrogens is 1. The molecule has 1 aromatic heterocycles. The lowest BCUT2D eigenvalue weighted by molar-refractivity contribution is -0.135. The highest BCUT2D eigenvalue weighted by atomic mass is 35.5. The first kappa shape index (κ1) is 31.6. The van der Waals surface area contributed by atoms with E-state index >= 15 is 0 Å². The van der Waals surface area contributed by atoms with Crippen LogP contribution in [0.15, 0.2) is 65.7 Å². The largest absolute Gasteiger partial charge is 0.415 e. The van der Waals surface area contributed by atoms with Gasteiger partial charge in [-0.1, -0.05) is 17.7 Å². The van der Waals surface area contributed by atoms with Crippen LogP contribution < -0.4 is 9.64 Å². The molecule has 2 aliphatic heterocycles. The number of anilines is 1. The summed E-state index contributed by atoms with van der Waals surface area (Å²) in [5, 5.41) is -0.0218. The molecule has 9 nitrogen and oxygen atoms in total. The minimum absolute atomic E-state index is 0.0218. The molecule has 2 aliphatic rings. The Balaban J connectivity index is 1.31. The molecule has 0 radical (unpaired) electrons. The SMILES string of the molecule is CCN(C(=O)Oc1ccc(F)cc1)[C@@H]1CN(C(=O)C2CCN(c3ccc(S(C)(=O)=O)cn3)CC2)C[C@H]1c1ccc(Cl)c(F)c1. The molecule has 2 fully saturated rings. The Morgan fingerprint density at radius 1 is 1.05 bits per heavy atom. The zero-order chi connectivity index (χ0) is 31.6. The Bertz CT molecular complexity index is 1620. The van der Waals surface area contributed by atoms with E-state index in [0.717, 1.165) is 6.26 Å². The fraction of sp³-hybridized carbons (Fsp3) is 0.387. The van der Waals surface area contributed by atoms with Crippen molar-refractivity contribution in [2.24, 2.45) is 5.92 Å². The van der Waals surface area contributed by atoms with E-state index in [1.807, 2.05) is 4.90 Å². The Morgan fingerprint density at radius 2 is 1.75 bits per heavy atom. The third-order valence-electron chi connectivity index (χ3n) is 8.28. The van der Waals surface area contributed by atoms with Gasteiger partial charge in [-0.3, -0.25) is 4.79 Å². The van der Waals surface area contributed by atoms with Gasteiger partial charge < -0.3 is 19.4 Å². The quantitative estimate of drug-likeness (QED) is 0.350. The molecule has 3 aromatic rings. The lowest BCUT2D eigenvalue weighted by Gasteiger charge is -2.34. The molecule has 0 saturated carbocycles. The normalized spacial score (nSPS) is 19.2. The van der Waals surface area contributed by atoms with Crippen LogP contribution >= 0.6 is 11.6 Å². The molecule has 0 spiro atoms. The first-order chi connectivity index (χ1) is 20.9. The van der Waals surface area contributed by atoms with Gasteiger partial charge >= 0.3 is 6.09 Å². The number of amides is 2. The molecular formula is C31H33ClF2N4O5S. The van der Waals surface area contributed by atoms with Gasteiger partial charge in [0.15, 0.2) is 9.84 Å². The smallest absolute Gasteiger partial charge is 0.410 e. The number of rotatable bonds is 7. The van der Waals surface area contributed by atoms with E-state index in [-0.39, 0.29) is 47.1 Å². The molecule has 5 rings (SSSR count). The van der Waals surface area contributed by atoms with Crippen molar-refractivity contribution in [3.8, 4) is 5.75 Å². The summed E-state index contributed by atoms with van der Waals surface area (Å²) in [6.45, 7) is 3.70. The van der Waals surface area contributed by atoms with Gasteiger partial charge in [-0.15, -0.1) is 0 Å². The van der Waals surface area contributed by atoms with Crippen molar-refractivity contribution in [1.29, 1.82) is 0 Å². The fourth-order valence-corrected chi connectivity index (χ4v) is 6.58. The average molecular weight is 647 g/mol. The second kappa shape index (κ2) is 13.1.